The van der Waals surface area contributed by atoms with Gasteiger partial charge in [-0.1, -0.05) is 13.8 Å². The van der Waals surface area contributed by atoms with Crippen LogP contribution in [0.4, 0.5) is 0 Å². The molecule has 2 atom stereocenters. The van der Waals surface area contributed by atoms with Crippen molar-refractivity contribution in [3.63, 3.8) is 0 Å². The minimum absolute atomic E-state index is 0.179. The van der Waals surface area contributed by atoms with Crippen LogP contribution in [0, 0.1) is 11.8 Å². The number of carboxylic acid groups (broad SMARTS) is 1. The summed E-state index contributed by atoms with van der Waals surface area (Å²) in [6, 6.07) is 0. The number of nitrogens with zero attached hydrogens (tertiary/aromatic N) is 2. The SMILES string of the molecule is CC(C)Cn1cc([C@H]2C[C@H]2C(=O)O)cn1. The number of carbonyl (C=O) groups is 1. The van der Waals surface area contributed by atoms with Gasteiger partial charge in [-0.2, -0.15) is 5.10 Å². The number of hydrogen-bond donors (Lipinski definition) is 1. The van der Waals surface area contributed by atoms with Gasteiger partial charge < -0.3 is 5.11 Å². The molecule has 0 spiro atoms. The smallest absolute Gasteiger partial charge is 0.307 e. The molecule has 0 unspecified atom stereocenters. The first kappa shape index (κ1) is 10.2. The second-order valence-corrected chi connectivity index (χ2v) is 4.68. The van der Waals surface area contributed by atoms with Crippen LogP contribution in [0.15, 0.2) is 12.4 Å². The van der Waals surface area contributed by atoms with E-state index in [2.05, 4.69) is 18.9 Å². The molecule has 4 heteroatoms. The Hall–Kier alpha value is -1.32. The van der Waals surface area contributed by atoms with Crippen molar-refractivity contribution in [3.8, 4) is 0 Å². The molecule has 1 aromatic rings. The van der Waals surface area contributed by atoms with Gasteiger partial charge >= 0.3 is 5.97 Å². The Morgan fingerprint density at radius 1 is 1.73 bits per heavy atom. The number of carboxylic acids is 1. The van der Waals surface area contributed by atoms with E-state index in [4.69, 9.17) is 5.11 Å². The zero-order chi connectivity index (χ0) is 11.0. The summed E-state index contributed by atoms with van der Waals surface area (Å²) in [5, 5.41) is 13.0. The molecule has 0 bridgehead atoms. The topological polar surface area (TPSA) is 55.1 Å². The third kappa shape index (κ3) is 2.19. The molecule has 2 rings (SSSR count). The molecule has 1 aromatic heterocycles. The molecule has 82 valence electrons. The quantitative estimate of drug-likeness (QED) is 0.819. The molecule has 1 aliphatic rings. The zero-order valence-electron chi connectivity index (χ0n) is 9.05. The van der Waals surface area contributed by atoms with E-state index in [0.717, 1.165) is 18.5 Å². The minimum atomic E-state index is -0.684. The molecule has 1 heterocycles. The van der Waals surface area contributed by atoms with Gasteiger partial charge in [0.2, 0.25) is 0 Å². The maximum absolute atomic E-state index is 10.7. The molecule has 4 nitrogen and oxygen atoms in total. The van der Waals surface area contributed by atoms with E-state index in [-0.39, 0.29) is 11.8 Å². The molecule has 1 fully saturated rings. The van der Waals surface area contributed by atoms with E-state index in [1.54, 1.807) is 6.20 Å². The van der Waals surface area contributed by atoms with Crippen molar-refractivity contribution in [2.45, 2.75) is 32.7 Å². The van der Waals surface area contributed by atoms with E-state index in [1.807, 2.05) is 10.9 Å². The van der Waals surface area contributed by atoms with Crippen LogP contribution in [0.25, 0.3) is 0 Å². The lowest BCUT2D eigenvalue weighted by atomic mass is 10.2. The molecule has 1 aliphatic carbocycles. The summed E-state index contributed by atoms with van der Waals surface area (Å²) in [6.45, 7) is 5.17. The van der Waals surface area contributed by atoms with Crippen LogP contribution in [0.3, 0.4) is 0 Å². The first-order valence-electron chi connectivity index (χ1n) is 5.33. The summed E-state index contributed by atoms with van der Waals surface area (Å²) in [7, 11) is 0. The fraction of sp³-hybridized carbons (Fsp3) is 0.636. The molecule has 0 aromatic carbocycles. The molecular formula is C11H16N2O2. The van der Waals surface area contributed by atoms with Crippen LogP contribution in [0.2, 0.25) is 0 Å². The Kier molecular flexibility index (Phi) is 2.50. The Balaban J connectivity index is 2.00. The van der Waals surface area contributed by atoms with Crippen molar-refractivity contribution in [2.24, 2.45) is 11.8 Å². The highest BCUT2D eigenvalue weighted by Gasteiger charge is 2.44. The van der Waals surface area contributed by atoms with Crippen molar-refractivity contribution in [1.82, 2.24) is 9.78 Å². The Morgan fingerprint density at radius 3 is 3.00 bits per heavy atom. The van der Waals surface area contributed by atoms with E-state index in [9.17, 15) is 4.79 Å². The van der Waals surface area contributed by atoms with Crippen molar-refractivity contribution >= 4 is 5.97 Å². The maximum Gasteiger partial charge on any atom is 0.307 e. The van der Waals surface area contributed by atoms with Gasteiger partial charge in [-0.15, -0.1) is 0 Å². The number of rotatable bonds is 4. The molecular weight excluding hydrogens is 192 g/mol. The number of hydrogen-bond acceptors (Lipinski definition) is 2. The normalized spacial score (nSPS) is 24.5. The van der Waals surface area contributed by atoms with Gasteiger partial charge in [0.05, 0.1) is 12.1 Å². The first-order chi connectivity index (χ1) is 7.08. The standard InChI is InChI=1S/C11H16N2O2/c1-7(2)5-13-6-8(4-12-13)9-3-10(9)11(14)15/h4,6-7,9-10H,3,5H2,1-2H3,(H,14,15)/t9-,10-/m1/s1. The van der Waals surface area contributed by atoms with E-state index in [0.29, 0.717) is 5.92 Å². The van der Waals surface area contributed by atoms with Crippen LogP contribution in [0.1, 0.15) is 31.7 Å². The second-order valence-electron chi connectivity index (χ2n) is 4.68. The predicted octanol–water partition coefficient (Wildman–Crippen LogP) is 1.73. The largest absolute Gasteiger partial charge is 0.481 e. The molecule has 0 aliphatic heterocycles. The van der Waals surface area contributed by atoms with Gasteiger partial charge in [0.25, 0.3) is 0 Å². The Bertz CT molecular complexity index is 370. The predicted molar refractivity (Wildman–Crippen MR) is 55.5 cm³/mol. The van der Waals surface area contributed by atoms with E-state index >= 15 is 0 Å². The van der Waals surface area contributed by atoms with Crippen LogP contribution < -0.4 is 0 Å². The molecule has 1 saturated carbocycles. The maximum atomic E-state index is 10.7. The summed E-state index contributed by atoms with van der Waals surface area (Å²) >= 11 is 0. The average Bonchev–Trinajstić information content (AvgIpc) is 2.81. The zero-order valence-corrected chi connectivity index (χ0v) is 9.05. The van der Waals surface area contributed by atoms with Crippen molar-refractivity contribution in [2.75, 3.05) is 0 Å². The van der Waals surface area contributed by atoms with Gasteiger partial charge in [0, 0.05) is 18.7 Å². The Labute approximate surface area is 88.9 Å². The minimum Gasteiger partial charge on any atom is -0.481 e. The lowest BCUT2D eigenvalue weighted by molar-refractivity contribution is -0.138. The van der Waals surface area contributed by atoms with Gasteiger partial charge in [-0.05, 0) is 17.9 Å². The van der Waals surface area contributed by atoms with Gasteiger partial charge in [-0.25, -0.2) is 0 Å². The van der Waals surface area contributed by atoms with Crippen LogP contribution >= 0.6 is 0 Å². The molecule has 1 N–H and O–H groups in total. The molecule has 0 saturated heterocycles. The number of aromatic nitrogens is 2. The number of aliphatic carboxylic acids is 1. The highest BCUT2D eigenvalue weighted by molar-refractivity contribution is 5.75. The highest BCUT2D eigenvalue weighted by Crippen LogP contribution is 2.47. The summed E-state index contributed by atoms with van der Waals surface area (Å²) in [4.78, 5) is 10.7. The first-order valence-corrected chi connectivity index (χ1v) is 5.33. The summed E-state index contributed by atoms with van der Waals surface area (Å²) in [5.41, 5.74) is 1.07. The van der Waals surface area contributed by atoms with Gasteiger partial charge in [-0.3, -0.25) is 9.48 Å². The van der Waals surface area contributed by atoms with Crippen LogP contribution in [-0.4, -0.2) is 20.9 Å². The van der Waals surface area contributed by atoms with Crippen LogP contribution in [0.5, 0.6) is 0 Å². The van der Waals surface area contributed by atoms with Gasteiger partial charge in [0.15, 0.2) is 0 Å². The third-order valence-electron chi connectivity index (χ3n) is 2.74. The fourth-order valence-corrected chi connectivity index (χ4v) is 1.88. The highest BCUT2D eigenvalue weighted by atomic mass is 16.4. The lowest BCUT2D eigenvalue weighted by Gasteiger charge is -2.03. The fourth-order valence-electron chi connectivity index (χ4n) is 1.88. The second kappa shape index (κ2) is 3.68. The summed E-state index contributed by atoms with van der Waals surface area (Å²) in [6.07, 6.45) is 4.55. The van der Waals surface area contributed by atoms with Gasteiger partial charge in [0.1, 0.15) is 0 Å². The van der Waals surface area contributed by atoms with Crippen molar-refractivity contribution < 1.29 is 9.90 Å². The van der Waals surface area contributed by atoms with Crippen LogP contribution in [-0.2, 0) is 11.3 Å². The van der Waals surface area contributed by atoms with Crippen molar-refractivity contribution in [3.05, 3.63) is 18.0 Å². The average molecular weight is 208 g/mol. The summed E-state index contributed by atoms with van der Waals surface area (Å²) in [5.74, 6) is -0.103. The van der Waals surface area contributed by atoms with E-state index in [1.165, 1.54) is 0 Å². The summed E-state index contributed by atoms with van der Waals surface area (Å²) < 4.78 is 1.90. The monoisotopic (exact) mass is 208 g/mol. The molecule has 15 heavy (non-hydrogen) atoms. The third-order valence-corrected chi connectivity index (χ3v) is 2.74. The lowest BCUT2D eigenvalue weighted by Crippen LogP contribution is -2.04. The molecule has 0 amide bonds. The molecule has 0 radical (unpaired) electrons. The van der Waals surface area contributed by atoms with E-state index < -0.39 is 5.97 Å². The van der Waals surface area contributed by atoms with Crippen molar-refractivity contribution in [1.29, 1.82) is 0 Å². The Morgan fingerprint density at radius 2 is 2.47 bits per heavy atom.